The Hall–Kier alpha value is -1.74. The molecule has 0 bridgehead atoms. The lowest BCUT2D eigenvalue weighted by Crippen LogP contribution is -1.90. The van der Waals surface area contributed by atoms with Crippen LogP contribution in [-0.4, -0.2) is 4.57 Å². The van der Waals surface area contributed by atoms with Crippen LogP contribution in [0.3, 0.4) is 0 Å². The molecule has 0 saturated carbocycles. The number of benzene rings is 1. The Morgan fingerprint density at radius 1 is 1.24 bits per heavy atom. The minimum atomic E-state index is 0.860. The molecular weight excluding hydrogens is 228 g/mol. The number of nitrogens with two attached hydrogens (primary N) is 1. The van der Waals surface area contributed by atoms with Crippen molar-refractivity contribution in [2.24, 2.45) is 0 Å². The maximum atomic E-state index is 6.06. The smallest absolute Gasteiger partial charge is 0.0574 e. The maximum absolute atomic E-state index is 6.06. The van der Waals surface area contributed by atoms with Crippen molar-refractivity contribution in [2.45, 2.75) is 13.5 Å². The summed E-state index contributed by atoms with van der Waals surface area (Å²) in [5, 5.41) is 5.41. The summed E-state index contributed by atoms with van der Waals surface area (Å²) < 4.78 is 2.18. The van der Waals surface area contributed by atoms with Gasteiger partial charge in [0, 0.05) is 18.1 Å². The molecule has 2 N–H and O–H groups in total. The van der Waals surface area contributed by atoms with Crippen molar-refractivity contribution in [3.8, 4) is 11.1 Å². The number of aryl methyl sites for hydroxylation is 1. The average molecular weight is 242 g/mol. The van der Waals surface area contributed by atoms with E-state index in [1.807, 2.05) is 6.20 Å². The largest absolute Gasteiger partial charge is 0.397 e. The summed E-state index contributed by atoms with van der Waals surface area (Å²) in [6.07, 6.45) is 2.02. The molecule has 0 fully saturated rings. The fourth-order valence-electron chi connectivity index (χ4n) is 2.19. The molecule has 0 aliphatic rings. The van der Waals surface area contributed by atoms with E-state index in [1.54, 1.807) is 11.3 Å². The lowest BCUT2D eigenvalue weighted by atomic mass is 10.1. The van der Waals surface area contributed by atoms with Gasteiger partial charge in [-0.3, -0.25) is 0 Å². The van der Waals surface area contributed by atoms with Crippen molar-refractivity contribution in [3.05, 3.63) is 41.2 Å². The molecule has 3 rings (SSSR count). The SMILES string of the molecule is CCn1cc(N)c2cc(-c3ccsc3)ccc21. The van der Waals surface area contributed by atoms with Crippen LogP contribution in [0.5, 0.6) is 0 Å². The van der Waals surface area contributed by atoms with Crippen LogP contribution < -0.4 is 5.73 Å². The van der Waals surface area contributed by atoms with E-state index in [0.717, 1.165) is 17.6 Å². The highest BCUT2D eigenvalue weighted by Crippen LogP contribution is 2.30. The van der Waals surface area contributed by atoms with Crippen molar-refractivity contribution in [2.75, 3.05) is 5.73 Å². The summed E-state index contributed by atoms with van der Waals surface area (Å²) >= 11 is 1.72. The molecule has 0 radical (unpaired) electrons. The zero-order chi connectivity index (χ0) is 11.8. The number of fused-ring (bicyclic) bond motifs is 1. The van der Waals surface area contributed by atoms with Gasteiger partial charge >= 0.3 is 0 Å². The van der Waals surface area contributed by atoms with Gasteiger partial charge in [0.15, 0.2) is 0 Å². The van der Waals surface area contributed by atoms with E-state index in [9.17, 15) is 0 Å². The minimum Gasteiger partial charge on any atom is -0.397 e. The number of nitrogens with zero attached hydrogens (tertiary/aromatic N) is 1. The molecule has 0 amide bonds. The van der Waals surface area contributed by atoms with E-state index in [4.69, 9.17) is 5.73 Å². The first kappa shape index (κ1) is 10.4. The molecule has 0 aliphatic heterocycles. The highest BCUT2D eigenvalue weighted by atomic mass is 32.1. The van der Waals surface area contributed by atoms with E-state index < -0.39 is 0 Å². The second-order valence-electron chi connectivity index (χ2n) is 4.11. The molecule has 0 unspecified atom stereocenters. The zero-order valence-corrected chi connectivity index (χ0v) is 10.5. The Morgan fingerprint density at radius 2 is 2.12 bits per heavy atom. The maximum Gasteiger partial charge on any atom is 0.0574 e. The molecule has 2 nitrogen and oxygen atoms in total. The predicted molar refractivity (Wildman–Crippen MR) is 75.3 cm³/mol. The lowest BCUT2D eigenvalue weighted by molar-refractivity contribution is 0.798. The summed E-state index contributed by atoms with van der Waals surface area (Å²) in [5.74, 6) is 0. The summed E-state index contributed by atoms with van der Waals surface area (Å²) in [5.41, 5.74) is 10.6. The van der Waals surface area contributed by atoms with Crippen LogP contribution in [0.2, 0.25) is 0 Å². The van der Waals surface area contributed by atoms with Gasteiger partial charge in [0.05, 0.1) is 11.2 Å². The van der Waals surface area contributed by atoms with Crippen molar-refractivity contribution in [1.82, 2.24) is 4.57 Å². The number of rotatable bonds is 2. The summed E-state index contributed by atoms with van der Waals surface area (Å²) in [6, 6.07) is 8.63. The first-order valence-corrected chi connectivity index (χ1v) is 6.65. The van der Waals surface area contributed by atoms with E-state index >= 15 is 0 Å². The van der Waals surface area contributed by atoms with Gasteiger partial charge in [0.25, 0.3) is 0 Å². The summed E-state index contributed by atoms with van der Waals surface area (Å²) in [7, 11) is 0. The highest BCUT2D eigenvalue weighted by Gasteiger charge is 2.07. The van der Waals surface area contributed by atoms with Gasteiger partial charge in [-0.2, -0.15) is 11.3 Å². The highest BCUT2D eigenvalue weighted by molar-refractivity contribution is 7.08. The van der Waals surface area contributed by atoms with Crippen LogP contribution in [-0.2, 0) is 6.54 Å². The molecule has 86 valence electrons. The first-order valence-electron chi connectivity index (χ1n) is 5.70. The molecular formula is C14H14N2S. The third kappa shape index (κ3) is 1.63. The summed E-state index contributed by atoms with van der Waals surface area (Å²) in [4.78, 5) is 0. The zero-order valence-electron chi connectivity index (χ0n) is 9.68. The van der Waals surface area contributed by atoms with Crippen molar-refractivity contribution < 1.29 is 0 Å². The Morgan fingerprint density at radius 3 is 2.82 bits per heavy atom. The molecule has 0 saturated heterocycles. The molecule has 3 heteroatoms. The van der Waals surface area contributed by atoms with Crippen molar-refractivity contribution in [3.63, 3.8) is 0 Å². The van der Waals surface area contributed by atoms with Crippen LogP contribution in [0.25, 0.3) is 22.0 Å². The molecule has 17 heavy (non-hydrogen) atoms. The quantitative estimate of drug-likeness (QED) is 0.724. The number of aromatic nitrogens is 1. The van der Waals surface area contributed by atoms with Gasteiger partial charge in [0.1, 0.15) is 0 Å². The molecule has 1 aromatic carbocycles. The lowest BCUT2D eigenvalue weighted by Gasteiger charge is -2.02. The predicted octanol–water partition coefficient (Wildman–Crippen LogP) is 3.97. The molecule has 2 heterocycles. The summed E-state index contributed by atoms with van der Waals surface area (Å²) in [6.45, 7) is 3.08. The van der Waals surface area contributed by atoms with E-state index in [1.165, 1.54) is 16.6 Å². The Labute approximate surface area is 104 Å². The Bertz CT molecular complexity index is 650. The van der Waals surface area contributed by atoms with Gasteiger partial charge in [-0.15, -0.1) is 0 Å². The number of thiophene rings is 1. The monoisotopic (exact) mass is 242 g/mol. The van der Waals surface area contributed by atoms with Crippen LogP contribution in [0, 0.1) is 0 Å². The van der Waals surface area contributed by atoms with Crippen molar-refractivity contribution in [1.29, 1.82) is 0 Å². The molecule has 0 spiro atoms. The number of hydrogen-bond acceptors (Lipinski definition) is 2. The molecule has 3 aromatic rings. The normalized spacial score (nSPS) is 11.1. The topological polar surface area (TPSA) is 30.9 Å². The number of nitrogen functional groups attached to an aromatic ring is 1. The van der Waals surface area contributed by atoms with Crippen LogP contribution >= 0.6 is 11.3 Å². The second-order valence-corrected chi connectivity index (χ2v) is 4.89. The number of hydrogen-bond donors (Lipinski definition) is 1. The number of anilines is 1. The van der Waals surface area contributed by atoms with Crippen molar-refractivity contribution >= 4 is 27.9 Å². The second kappa shape index (κ2) is 3.93. The molecule has 0 atom stereocenters. The van der Waals surface area contributed by atoms with Crippen LogP contribution in [0.15, 0.2) is 41.2 Å². The molecule has 2 aromatic heterocycles. The van der Waals surface area contributed by atoms with Crippen LogP contribution in [0.1, 0.15) is 6.92 Å². The van der Waals surface area contributed by atoms with Crippen LogP contribution in [0.4, 0.5) is 5.69 Å². The fourth-order valence-corrected chi connectivity index (χ4v) is 2.86. The third-order valence-corrected chi connectivity index (χ3v) is 3.79. The minimum absolute atomic E-state index is 0.860. The van der Waals surface area contributed by atoms with E-state index in [0.29, 0.717) is 0 Å². The Kier molecular flexibility index (Phi) is 2.41. The molecule has 0 aliphatic carbocycles. The van der Waals surface area contributed by atoms with Gasteiger partial charge in [-0.1, -0.05) is 6.07 Å². The van der Waals surface area contributed by atoms with Gasteiger partial charge < -0.3 is 10.3 Å². The van der Waals surface area contributed by atoms with E-state index in [-0.39, 0.29) is 0 Å². The fraction of sp³-hybridized carbons (Fsp3) is 0.143. The van der Waals surface area contributed by atoms with Gasteiger partial charge in [-0.05, 0) is 47.0 Å². The van der Waals surface area contributed by atoms with E-state index in [2.05, 4.69) is 46.5 Å². The average Bonchev–Trinajstić information content (AvgIpc) is 2.97. The van der Waals surface area contributed by atoms with Gasteiger partial charge in [0.2, 0.25) is 0 Å². The Balaban J connectivity index is 2.23. The standard InChI is InChI=1S/C14H14N2S/c1-2-16-8-13(15)12-7-10(3-4-14(12)16)11-5-6-17-9-11/h3-9H,2,15H2,1H3. The van der Waals surface area contributed by atoms with Gasteiger partial charge in [-0.25, -0.2) is 0 Å². The third-order valence-electron chi connectivity index (χ3n) is 3.11. The first-order chi connectivity index (χ1) is 8.29.